The van der Waals surface area contributed by atoms with E-state index >= 15 is 0 Å². The minimum atomic E-state index is 0.475. The number of nitrogens with one attached hydrogen (secondary N) is 1. The maximum atomic E-state index is 6.14. The topological polar surface area (TPSA) is 58.9 Å². The summed E-state index contributed by atoms with van der Waals surface area (Å²) in [7, 11) is 3.90. The van der Waals surface area contributed by atoms with E-state index in [0.29, 0.717) is 11.1 Å². The Morgan fingerprint density at radius 3 is 2.68 bits per heavy atom. The van der Waals surface area contributed by atoms with Gasteiger partial charge in [-0.15, -0.1) is 0 Å². The van der Waals surface area contributed by atoms with Gasteiger partial charge in [0, 0.05) is 46.0 Å². The summed E-state index contributed by atoms with van der Waals surface area (Å²) in [5, 5.41) is 3.58. The average Bonchev–Trinajstić information content (AvgIpc) is 2.93. The van der Waals surface area contributed by atoms with Crippen LogP contribution in [0.4, 0.5) is 11.5 Å². The number of nitrogens with zero attached hydrogens (tertiary/aromatic N) is 5. The summed E-state index contributed by atoms with van der Waals surface area (Å²) < 4.78 is 2.11. The Balaban J connectivity index is 1.65. The number of aryl methyl sites for hydroxylation is 1. The molecule has 1 N–H and O–H groups in total. The zero-order chi connectivity index (χ0) is 15.5. The smallest absolute Gasteiger partial charge is 0.157 e. The molecule has 1 fully saturated rings. The zero-order valence-electron chi connectivity index (χ0n) is 13.0. The quantitative estimate of drug-likeness (QED) is 0.876. The summed E-state index contributed by atoms with van der Waals surface area (Å²) in [4.78, 5) is 15.1. The molecule has 3 heterocycles. The van der Waals surface area contributed by atoms with Crippen molar-refractivity contribution in [2.75, 3.05) is 30.4 Å². The molecule has 2 aromatic heterocycles. The number of hydrogen-bond acceptors (Lipinski definition) is 5. The monoisotopic (exact) mass is 320 g/mol. The lowest BCUT2D eigenvalue weighted by Crippen LogP contribution is -2.35. The van der Waals surface area contributed by atoms with Gasteiger partial charge >= 0.3 is 0 Å². The van der Waals surface area contributed by atoms with Crippen molar-refractivity contribution in [3.63, 3.8) is 0 Å². The van der Waals surface area contributed by atoms with Crippen molar-refractivity contribution in [1.29, 1.82) is 0 Å². The number of piperidine rings is 1. The summed E-state index contributed by atoms with van der Waals surface area (Å²) >= 11 is 6.14. The number of halogens is 1. The van der Waals surface area contributed by atoms with E-state index in [1.165, 1.54) is 12.2 Å². The van der Waals surface area contributed by atoms with E-state index in [1.807, 2.05) is 19.4 Å². The summed E-state index contributed by atoms with van der Waals surface area (Å²) in [6.45, 7) is 1.97. The van der Waals surface area contributed by atoms with Gasteiger partial charge in [-0.25, -0.2) is 15.0 Å². The molecular formula is C15H21ClN6. The molecule has 1 aliphatic heterocycles. The molecule has 1 aliphatic rings. The van der Waals surface area contributed by atoms with Crippen LogP contribution < -0.4 is 10.2 Å². The van der Waals surface area contributed by atoms with Gasteiger partial charge in [-0.05, 0) is 18.8 Å². The minimum absolute atomic E-state index is 0.475. The van der Waals surface area contributed by atoms with Crippen molar-refractivity contribution in [3.05, 3.63) is 29.7 Å². The highest BCUT2D eigenvalue weighted by atomic mass is 35.5. The van der Waals surface area contributed by atoms with E-state index in [9.17, 15) is 0 Å². The lowest BCUT2D eigenvalue weighted by molar-refractivity contribution is 0.392. The molecule has 6 nitrogen and oxygen atoms in total. The molecule has 0 unspecified atom stereocenters. The maximum Gasteiger partial charge on any atom is 0.157 e. The van der Waals surface area contributed by atoms with Gasteiger partial charge in [0.1, 0.15) is 17.8 Å². The van der Waals surface area contributed by atoms with Gasteiger partial charge < -0.3 is 14.8 Å². The van der Waals surface area contributed by atoms with Crippen LogP contribution in [0.3, 0.4) is 0 Å². The van der Waals surface area contributed by atoms with Crippen LogP contribution >= 0.6 is 11.6 Å². The lowest BCUT2D eigenvalue weighted by atomic mass is 9.93. The number of hydrogen-bond donors (Lipinski definition) is 1. The van der Waals surface area contributed by atoms with E-state index < -0.39 is 0 Å². The maximum absolute atomic E-state index is 6.14. The van der Waals surface area contributed by atoms with E-state index in [4.69, 9.17) is 11.6 Å². The molecule has 2 aromatic rings. The summed E-state index contributed by atoms with van der Waals surface area (Å²) in [6, 6.07) is 0. The third-order valence-corrected chi connectivity index (χ3v) is 4.62. The molecule has 1 saturated heterocycles. The molecule has 0 atom stereocenters. The summed E-state index contributed by atoms with van der Waals surface area (Å²) in [6.07, 6.45) is 8.72. The van der Waals surface area contributed by atoms with Crippen LogP contribution in [-0.2, 0) is 13.5 Å². The van der Waals surface area contributed by atoms with Gasteiger partial charge in [-0.3, -0.25) is 0 Å². The molecule has 118 valence electrons. The highest BCUT2D eigenvalue weighted by molar-refractivity contribution is 6.32. The van der Waals surface area contributed by atoms with Crippen LogP contribution in [0.2, 0.25) is 5.15 Å². The molecule has 0 radical (unpaired) electrons. The first kappa shape index (κ1) is 15.1. The predicted molar refractivity (Wildman–Crippen MR) is 88.4 cm³/mol. The molecule has 0 aliphatic carbocycles. The third-order valence-electron chi connectivity index (χ3n) is 4.34. The van der Waals surface area contributed by atoms with Gasteiger partial charge in [0.25, 0.3) is 0 Å². The fourth-order valence-electron chi connectivity index (χ4n) is 3.01. The SMILES string of the molecule is CNc1c(Cl)ncnc1N1CCC(Cc2nccn2C)CC1. The van der Waals surface area contributed by atoms with Crippen molar-refractivity contribution < 1.29 is 0 Å². The predicted octanol–water partition coefficient (Wildman–Crippen LogP) is 2.36. The van der Waals surface area contributed by atoms with Gasteiger partial charge in [0.15, 0.2) is 11.0 Å². The number of anilines is 2. The summed E-state index contributed by atoms with van der Waals surface area (Å²) in [5.41, 5.74) is 0.812. The molecule has 7 heteroatoms. The molecular weight excluding hydrogens is 300 g/mol. The van der Waals surface area contributed by atoms with Crippen molar-refractivity contribution in [2.24, 2.45) is 13.0 Å². The third kappa shape index (κ3) is 3.02. The lowest BCUT2D eigenvalue weighted by Gasteiger charge is -2.33. The van der Waals surface area contributed by atoms with Crippen molar-refractivity contribution in [3.8, 4) is 0 Å². The first-order chi connectivity index (χ1) is 10.7. The number of aromatic nitrogens is 4. The molecule has 0 saturated carbocycles. The second-order valence-electron chi connectivity index (χ2n) is 5.70. The van der Waals surface area contributed by atoms with Crippen molar-refractivity contribution in [2.45, 2.75) is 19.3 Å². The number of rotatable bonds is 4. The van der Waals surface area contributed by atoms with Crippen LogP contribution in [-0.4, -0.2) is 39.7 Å². The van der Waals surface area contributed by atoms with Gasteiger partial charge in [0.05, 0.1) is 0 Å². The van der Waals surface area contributed by atoms with Crippen LogP contribution in [0, 0.1) is 5.92 Å². The number of imidazole rings is 1. The van der Waals surface area contributed by atoms with Crippen LogP contribution in [0.5, 0.6) is 0 Å². The van der Waals surface area contributed by atoms with E-state index in [-0.39, 0.29) is 0 Å². The zero-order valence-corrected chi connectivity index (χ0v) is 13.7. The first-order valence-electron chi connectivity index (χ1n) is 7.58. The first-order valence-corrected chi connectivity index (χ1v) is 7.96. The highest BCUT2D eigenvalue weighted by Gasteiger charge is 2.24. The van der Waals surface area contributed by atoms with Gasteiger partial charge in [-0.1, -0.05) is 11.6 Å². The molecule has 0 aromatic carbocycles. The van der Waals surface area contributed by atoms with Crippen LogP contribution in [0.15, 0.2) is 18.7 Å². The molecule has 0 amide bonds. The largest absolute Gasteiger partial charge is 0.383 e. The average molecular weight is 321 g/mol. The van der Waals surface area contributed by atoms with Gasteiger partial charge in [0.2, 0.25) is 0 Å². The Kier molecular flexibility index (Phi) is 4.47. The van der Waals surface area contributed by atoms with Crippen LogP contribution in [0.1, 0.15) is 18.7 Å². The molecule has 0 bridgehead atoms. The Morgan fingerprint density at radius 1 is 1.27 bits per heavy atom. The van der Waals surface area contributed by atoms with Crippen LogP contribution in [0.25, 0.3) is 0 Å². The highest BCUT2D eigenvalue weighted by Crippen LogP contribution is 2.32. The van der Waals surface area contributed by atoms with E-state index in [2.05, 4.69) is 36.8 Å². The fraction of sp³-hybridized carbons (Fsp3) is 0.533. The Bertz CT molecular complexity index is 633. The second kappa shape index (κ2) is 6.52. The summed E-state index contributed by atoms with van der Waals surface area (Å²) in [5.74, 6) is 2.74. The Hall–Kier alpha value is -1.82. The van der Waals surface area contributed by atoms with Gasteiger partial charge in [-0.2, -0.15) is 0 Å². The molecule has 22 heavy (non-hydrogen) atoms. The van der Waals surface area contributed by atoms with E-state index in [0.717, 1.165) is 43.9 Å². The standard InChI is InChI=1S/C15H21ClN6/c1-17-13-14(16)19-10-20-15(13)22-6-3-11(4-7-22)9-12-18-5-8-21(12)2/h5,8,10-11,17H,3-4,6-7,9H2,1-2H3. The second-order valence-corrected chi connectivity index (χ2v) is 6.06. The minimum Gasteiger partial charge on any atom is -0.383 e. The van der Waals surface area contributed by atoms with E-state index in [1.54, 1.807) is 0 Å². The van der Waals surface area contributed by atoms with Crippen molar-refractivity contribution in [1.82, 2.24) is 19.5 Å². The molecule has 3 rings (SSSR count). The van der Waals surface area contributed by atoms with Crippen molar-refractivity contribution >= 4 is 23.1 Å². The Labute approximate surface area is 135 Å². The normalized spacial score (nSPS) is 16.0. The molecule has 0 spiro atoms. The Morgan fingerprint density at radius 2 is 2.05 bits per heavy atom. The fourth-order valence-corrected chi connectivity index (χ4v) is 3.23.